The first-order valence-corrected chi connectivity index (χ1v) is 7.57. The van der Waals surface area contributed by atoms with E-state index in [1.165, 1.54) is 0 Å². The van der Waals surface area contributed by atoms with E-state index in [1.807, 2.05) is 37.6 Å². The van der Waals surface area contributed by atoms with E-state index in [-0.39, 0.29) is 12.1 Å². The summed E-state index contributed by atoms with van der Waals surface area (Å²) >= 11 is 1.64. The first kappa shape index (κ1) is 14.6. The number of anilines is 2. The predicted octanol–water partition coefficient (Wildman–Crippen LogP) is 3.47. The predicted molar refractivity (Wildman–Crippen MR) is 83.2 cm³/mol. The van der Waals surface area contributed by atoms with Crippen LogP contribution in [0.1, 0.15) is 38.2 Å². The highest BCUT2D eigenvalue weighted by molar-refractivity contribution is 7.09. The van der Waals surface area contributed by atoms with E-state index >= 15 is 0 Å². The molecule has 0 aliphatic heterocycles. The summed E-state index contributed by atoms with van der Waals surface area (Å²) in [5.74, 6) is 1.22. The third kappa shape index (κ3) is 3.60. The lowest BCUT2D eigenvalue weighted by atomic mass is 10.2. The van der Waals surface area contributed by atoms with E-state index in [0.29, 0.717) is 11.6 Å². The van der Waals surface area contributed by atoms with Crippen molar-refractivity contribution in [2.45, 2.75) is 39.3 Å². The Hall–Kier alpha value is -1.82. The summed E-state index contributed by atoms with van der Waals surface area (Å²) in [5.41, 5.74) is 6.42. The van der Waals surface area contributed by atoms with Crippen LogP contribution >= 0.6 is 11.3 Å². The monoisotopic (exact) mass is 292 g/mol. The molecule has 20 heavy (non-hydrogen) atoms. The fraction of sp³-hybridized carbons (Fsp3) is 0.429. The lowest BCUT2D eigenvalue weighted by Crippen LogP contribution is -2.13. The van der Waals surface area contributed by atoms with Crippen LogP contribution < -0.4 is 15.8 Å². The Bertz CT molecular complexity index is 542. The standard InChI is InChI=1S/C14H20N4OS/c1-4-11(14-16-7-8-20-14)17-12-6-5-10(15)13(18-12)19-9(2)3/h5-9,11H,4,15H2,1-3H3,(H,17,18). The largest absolute Gasteiger partial charge is 0.473 e. The van der Waals surface area contributed by atoms with Crippen molar-refractivity contribution in [2.75, 3.05) is 11.1 Å². The molecule has 0 amide bonds. The van der Waals surface area contributed by atoms with Gasteiger partial charge in [0.15, 0.2) is 0 Å². The molecule has 1 atom stereocenters. The summed E-state index contributed by atoms with van der Waals surface area (Å²) in [4.78, 5) is 8.77. The van der Waals surface area contributed by atoms with Gasteiger partial charge in [-0.15, -0.1) is 11.3 Å². The Morgan fingerprint density at radius 1 is 1.40 bits per heavy atom. The molecule has 2 rings (SSSR count). The number of aromatic nitrogens is 2. The number of rotatable bonds is 6. The summed E-state index contributed by atoms with van der Waals surface area (Å²) in [7, 11) is 0. The number of hydrogen-bond acceptors (Lipinski definition) is 6. The highest BCUT2D eigenvalue weighted by Crippen LogP contribution is 2.27. The lowest BCUT2D eigenvalue weighted by molar-refractivity contribution is 0.234. The molecule has 2 aromatic rings. The quantitative estimate of drug-likeness (QED) is 0.853. The lowest BCUT2D eigenvalue weighted by Gasteiger charge is -2.17. The zero-order valence-electron chi connectivity index (χ0n) is 12.0. The van der Waals surface area contributed by atoms with Crippen LogP contribution in [0, 0.1) is 0 Å². The first-order valence-electron chi connectivity index (χ1n) is 6.69. The molecule has 3 N–H and O–H groups in total. The van der Waals surface area contributed by atoms with E-state index in [9.17, 15) is 0 Å². The number of nitrogens with zero attached hydrogens (tertiary/aromatic N) is 2. The molecule has 2 aromatic heterocycles. The number of nitrogens with one attached hydrogen (secondary N) is 1. The smallest absolute Gasteiger partial charge is 0.239 e. The number of nitrogen functional groups attached to an aromatic ring is 1. The van der Waals surface area contributed by atoms with Crippen molar-refractivity contribution in [1.29, 1.82) is 0 Å². The molecule has 6 heteroatoms. The Kier molecular flexibility index (Phi) is 4.79. The van der Waals surface area contributed by atoms with Gasteiger partial charge in [-0.2, -0.15) is 4.98 Å². The van der Waals surface area contributed by atoms with E-state index in [4.69, 9.17) is 10.5 Å². The average Bonchev–Trinajstić information content (AvgIpc) is 2.93. The van der Waals surface area contributed by atoms with E-state index in [0.717, 1.165) is 17.2 Å². The summed E-state index contributed by atoms with van der Waals surface area (Å²) in [5, 5.41) is 6.40. The molecule has 0 spiro atoms. The Balaban J connectivity index is 2.16. The van der Waals surface area contributed by atoms with Crippen LogP contribution in [0.2, 0.25) is 0 Å². The fourth-order valence-electron chi connectivity index (χ4n) is 1.77. The molecule has 2 heterocycles. The molecule has 0 saturated carbocycles. The Morgan fingerprint density at radius 3 is 2.80 bits per heavy atom. The summed E-state index contributed by atoms with van der Waals surface area (Å²) in [6.07, 6.45) is 2.79. The average molecular weight is 292 g/mol. The second kappa shape index (κ2) is 6.56. The third-order valence-electron chi connectivity index (χ3n) is 2.72. The molecular formula is C14H20N4OS. The fourth-order valence-corrected chi connectivity index (χ4v) is 2.55. The van der Waals surface area contributed by atoms with Crippen molar-refractivity contribution in [3.63, 3.8) is 0 Å². The minimum absolute atomic E-state index is 0.0426. The van der Waals surface area contributed by atoms with Gasteiger partial charge in [0, 0.05) is 11.6 Å². The molecule has 5 nitrogen and oxygen atoms in total. The van der Waals surface area contributed by atoms with Gasteiger partial charge < -0.3 is 15.8 Å². The van der Waals surface area contributed by atoms with Crippen molar-refractivity contribution < 1.29 is 4.74 Å². The van der Waals surface area contributed by atoms with Crippen LogP contribution in [0.5, 0.6) is 5.88 Å². The van der Waals surface area contributed by atoms with Crippen molar-refractivity contribution in [1.82, 2.24) is 9.97 Å². The van der Waals surface area contributed by atoms with Crippen LogP contribution in [-0.4, -0.2) is 16.1 Å². The third-order valence-corrected chi connectivity index (χ3v) is 3.61. The SMILES string of the molecule is CCC(Nc1ccc(N)c(OC(C)C)n1)c1nccs1. The minimum atomic E-state index is 0.0426. The van der Waals surface area contributed by atoms with E-state index < -0.39 is 0 Å². The van der Waals surface area contributed by atoms with Crippen LogP contribution in [-0.2, 0) is 0 Å². The van der Waals surface area contributed by atoms with Crippen molar-refractivity contribution in [3.8, 4) is 5.88 Å². The van der Waals surface area contributed by atoms with Gasteiger partial charge in [-0.25, -0.2) is 4.98 Å². The molecule has 108 valence electrons. The van der Waals surface area contributed by atoms with Crippen LogP contribution in [0.25, 0.3) is 0 Å². The maximum absolute atomic E-state index is 5.87. The number of thiazole rings is 1. The van der Waals surface area contributed by atoms with Crippen molar-refractivity contribution in [3.05, 3.63) is 28.7 Å². The molecule has 0 aromatic carbocycles. The van der Waals surface area contributed by atoms with Gasteiger partial charge in [-0.1, -0.05) is 6.92 Å². The van der Waals surface area contributed by atoms with E-state index in [2.05, 4.69) is 22.2 Å². The molecule has 0 aliphatic carbocycles. The maximum Gasteiger partial charge on any atom is 0.239 e. The summed E-state index contributed by atoms with van der Waals surface area (Å²) < 4.78 is 5.60. The number of pyridine rings is 1. The van der Waals surface area contributed by atoms with Gasteiger partial charge in [0.25, 0.3) is 0 Å². The zero-order chi connectivity index (χ0) is 14.5. The Labute approximate surface area is 123 Å². The molecule has 0 bridgehead atoms. The summed E-state index contributed by atoms with van der Waals surface area (Å²) in [6, 6.07) is 3.82. The van der Waals surface area contributed by atoms with Gasteiger partial charge >= 0.3 is 0 Å². The molecule has 0 fully saturated rings. The Morgan fingerprint density at radius 2 is 2.20 bits per heavy atom. The molecule has 1 unspecified atom stereocenters. The van der Waals surface area contributed by atoms with Gasteiger partial charge in [0.05, 0.1) is 17.8 Å². The second-order valence-corrected chi connectivity index (χ2v) is 5.66. The van der Waals surface area contributed by atoms with Gasteiger partial charge in [-0.05, 0) is 32.4 Å². The van der Waals surface area contributed by atoms with Crippen LogP contribution in [0.15, 0.2) is 23.7 Å². The van der Waals surface area contributed by atoms with Crippen molar-refractivity contribution in [2.24, 2.45) is 0 Å². The topological polar surface area (TPSA) is 73.1 Å². The molecule has 0 aliphatic rings. The van der Waals surface area contributed by atoms with Crippen molar-refractivity contribution >= 4 is 22.8 Å². The second-order valence-electron chi connectivity index (χ2n) is 4.73. The number of ether oxygens (including phenoxy) is 1. The molecular weight excluding hydrogens is 272 g/mol. The zero-order valence-corrected chi connectivity index (χ0v) is 12.8. The molecule has 0 radical (unpaired) electrons. The highest BCUT2D eigenvalue weighted by atomic mass is 32.1. The van der Waals surface area contributed by atoms with E-state index in [1.54, 1.807) is 11.3 Å². The van der Waals surface area contributed by atoms with Gasteiger partial charge in [0.1, 0.15) is 10.8 Å². The normalized spacial score (nSPS) is 12.4. The number of hydrogen-bond donors (Lipinski definition) is 2. The summed E-state index contributed by atoms with van der Waals surface area (Å²) in [6.45, 7) is 6.01. The van der Waals surface area contributed by atoms with Crippen LogP contribution in [0.4, 0.5) is 11.5 Å². The maximum atomic E-state index is 5.87. The minimum Gasteiger partial charge on any atom is -0.473 e. The van der Waals surface area contributed by atoms with Crippen LogP contribution in [0.3, 0.4) is 0 Å². The number of nitrogens with two attached hydrogens (primary N) is 1. The first-order chi connectivity index (χ1) is 9.60. The molecule has 0 saturated heterocycles. The highest BCUT2D eigenvalue weighted by Gasteiger charge is 2.14. The van der Waals surface area contributed by atoms with Gasteiger partial charge in [-0.3, -0.25) is 0 Å². The van der Waals surface area contributed by atoms with Gasteiger partial charge in [0.2, 0.25) is 5.88 Å².